The van der Waals surface area contributed by atoms with Crippen LogP contribution in [0.15, 0.2) is 18.3 Å². The Morgan fingerprint density at radius 2 is 2.04 bits per heavy atom. The molecule has 0 aliphatic carbocycles. The smallest absolute Gasteiger partial charge is 0.416 e. The number of ether oxygens (including phenoxy) is 1. The molecule has 0 saturated carbocycles. The minimum absolute atomic E-state index is 0.0297. The van der Waals surface area contributed by atoms with Gasteiger partial charge in [0.2, 0.25) is 0 Å². The van der Waals surface area contributed by atoms with Crippen LogP contribution in [0.25, 0.3) is 0 Å². The molecule has 2 unspecified atom stereocenters. The Labute approximate surface area is 165 Å². The fourth-order valence-electron chi connectivity index (χ4n) is 3.62. The van der Waals surface area contributed by atoms with Gasteiger partial charge in [0.1, 0.15) is 11.4 Å². The first kappa shape index (κ1) is 21.7. The highest BCUT2D eigenvalue weighted by molar-refractivity contribution is 5.87. The maximum atomic E-state index is 12.7. The summed E-state index contributed by atoms with van der Waals surface area (Å²) in [6, 6.07) is 4.57. The second-order valence-corrected chi connectivity index (χ2v) is 9.10. The lowest BCUT2D eigenvalue weighted by atomic mass is 10.1. The van der Waals surface area contributed by atoms with Crippen molar-refractivity contribution in [2.75, 3.05) is 18.0 Å². The summed E-state index contributed by atoms with van der Waals surface area (Å²) in [6.07, 6.45) is 4.86. The largest absolute Gasteiger partial charge is 0.443 e. The zero-order chi connectivity index (χ0) is 20.2. The lowest BCUT2D eigenvalue weighted by Crippen LogP contribution is -2.42. The van der Waals surface area contributed by atoms with Gasteiger partial charge < -0.3 is 4.74 Å². The quantitative estimate of drug-likeness (QED) is 0.666. The number of carbonyl (C=O) groups is 1. The van der Waals surface area contributed by atoms with E-state index in [0.29, 0.717) is 17.8 Å². The molecule has 1 saturated heterocycles. The van der Waals surface area contributed by atoms with E-state index >= 15 is 0 Å². The summed E-state index contributed by atoms with van der Waals surface area (Å²) in [5, 5.41) is 0. The second-order valence-electron chi connectivity index (χ2n) is 9.10. The monoisotopic (exact) mass is 375 g/mol. The second kappa shape index (κ2) is 9.05. The average molecular weight is 376 g/mol. The van der Waals surface area contributed by atoms with Crippen LogP contribution in [0, 0.1) is 5.92 Å². The van der Waals surface area contributed by atoms with Gasteiger partial charge in [-0.2, -0.15) is 0 Å². The predicted octanol–water partition coefficient (Wildman–Crippen LogP) is 5.41. The molecule has 0 aromatic carbocycles. The first-order chi connectivity index (χ1) is 12.6. The normalized spacial score (nSPS) is 19.3. The molecule has 27 heavy (non-hydrogen) atoms. The van der Waals surface area contributed by atoms with Crippen molar-refractivity contribution in [2.24, 2.45) is 5.92 Å². The molecule has 1 aromatic heterocycles. The van der Waals surface area contributed by atoms with Gasteiger partial charge >= 0.3 is 6.09 Å². The van der Waals surface area contributed by atoms with E-state index in [9.17, 15) is 4.79 Å². The number of anilines is 1. The minimum Gasteiger partial charge on any atom is -0.443 e. The number of likely N-dealkylation sites (tertiary alicyclic amines) is 1. The molecule has 0 N–H and O–H groups in total. The molecule has 1 fully saturated rings. The highest BCUT2D eigenvalue weighted by Gasteiger charge is 2.29. The summed E-state index contributed by atoms with van der Waals surface area (Å²) in [5.74, 6) is 1.32. The lowest BCUT2D eigenvalue weighted by Gasteiger charge is -2.31. The number of aromatic nitrogens is 1. The summed E-state index contributed by atoms with van der Waals surface area (Å²) in [6.45, 7) is 16.6. The molecule has 5 heteroatoms. The van der Waals surface area contributed by atoms with Crippen LogP contribution in [0.4, 0.5) is 10.6 Å². The highest BCUT2D eigenvalue weighted by atomic mass is 16.6. The van der Waals surface area contributed by atoms with E-state index in [1.807, 2.05) is 40.0 Å². The number of carbonyl (C=O) groups excluding carboxylic acids is 1. The zero-order valence-electron chi connectivity index (χ0n) is 18.2. The van der Waals surface area contributed by atoms with Crippen molar-refractivity contribution in [1.29, 1.82) is 0 Å². The topological polar surface area (TPSA) is 45.7 Å². The van der Waals surface area contributed by atoms with Gasteiger partial charge in [-0.25, -0.2) is 9.78 Å². The Morgan fingerprint density at radius 3 is 2.56 bits per heavy atom. The van der Waals surface area contributed by atoms with E-state index in [4.69, 9.17) is 4.74 Å². The summed E-state index contributed by atoms with van der Waals surface area (Å²) in [5.41, 5.74) is 0.717. The van der Waals surface area contributed by atoms with Gasteiger partial charge in [-0.15, -0.1) is 0 Å². The molecule has 2 rings (SSSR count). The van der Waals surface area contributed by atoms with E-state index in [-0.39, 0.29) is 12.1 Å². The number of hydrogen-bond acceptors (Lipinski definition) is 4. The van der Waals surface area contributed by atoms with Gasteiger partial charge in [0.15, 0.2) is 0 Å². The zero-order valence-corrected chi connectivity index (χ0v) is 18.2. The Kier molecular flexibility index (Phi) is 7.26. The van der Waals surface area contributed by atoms with E-state index in [0.717, 1.165) is 19.5 Å². The fraction of sp³-hybridized carbons (Fsp3) is 0.727. The predicted molar refractivity (Wildman–Crippen MR) is 111 cm³/mol. The highest BCUT2D eigenvalue weighted by Crippen LogP contribution is 2.33. The van der Waals surface area contributed by atoms with Crippen molar-refractivity contribution in [3.05, 3.63) is 23.9 Å². The van der Waals surface area contributed by atoms with Crippen molar-refractivity contribution in [3.63, 3.8) is 0 Å². The third-order valence-electron chi connectivity index (χ3n) is 4.99. The Morgan fingerprint density at radius 1 is 1.33 bits per heavy atom. The summed E-state index contributed by atoms with van der Waals surface area (Å²) < 4.78 is 5.61. The van der Waals surface area contributed by atoms with Crippen LogP contribution < -0.4 is 4.90 Å². The molecular weight excluding hydrogens is 338 g/mol. The molecule has 0 spiro atoms. The van der Waals surface area contributed by atoms with Gasteiger partial charge in [0.05, 0.1) is 0 Å². The Hall–Kier alpha value is -1.62. The SMILES string of the molecule is CCC(C)N(C(=O)OC(C)(C)C)c1ccc(C2CCCN2CC(C)C)cn1. The number of nitrogens with zero attached hydrogens (tertiary/aromatic N) is 3. The molecule has 152 valence electrons. The van der Waals surface area contributed by atoms with Crippen LogP contribution in [-0.4, -0.2) is 40.7 Å². The van der Waals surface area contributed by atoms with E-state index < -0.39 is 5.60 Å². The molecule has 2 atom stereocenters. The average Bonchev–Trinajstić information content (AvgIpc) is 3.01. The van der Waals surface area contributed by atoms with Gasteiger partial charge in [-0.05, 0) is 71.0 Å². The van der Waals surface area contributed by atoms with Crippen molar-refractivity contribution in [1.82, 2.24) is 9.88 Å². The standard InChI is InChI=1S/C22H37N3O2/c1-8-17(4)25(21(26)27-22(5,6)7)20-12-11-18(14-23-20)19-10-9-13-24(19)15-16(2)3/h11-12,14,16-17,19H,8-10,13,15H2,1-7H3. The third kappa shape index (κ3) is 5.93. The third-order valence-corrected chi connectivity index (χ3v) is 4.99. The van der Waals surface area contributed by atoms with Gasteiger partial charge in [0.25, 0.3) is 0 Å². The number of pyridine rings is 1. The minimum atomic E-state index is -0.524. The van der Waals surface area contributed by atoms with Crippen LogP contribution in [0.2, 0.25) is 0 Å². The van der Waals surface area contributed by atoms with Crippen molar-refractivity contribution < 1.29 is 9.53 Å². The van der Waals surface area contributed by atoms with Crippen molar-refractivity contribution in [2.45, 2.75) is 85.4 Å². The van der Waals surface area contributed by atoms with Crippen LogP contribution in [0.1, 0.15) is 79.3 Å². The first-order valence-corrected chi connectivity index (χ1v) is 10.3. The fourth-order valence-corrected chi connectivity index (χ4v) is 3.62. The molecule has 5 nitrogen and oxygen atoms in total. The molecule has 0 bridgehead atoms. The summed E-state index contributed by atoms with van der Waals surface area (Å²) in [4.78, 5) is 21.6. The molecule has 1 aromatic rings. The first-order valence-electron chi connectivity index (χ1n) is 10.3. The lowest BCUT2D eigenvalue weighted by molar-refractivity contribution is 0.0566. The summed E-state index contributed by atoms with van der Waals surface area (Å²) >= 11 is 0. The van der Waals surface area contributed by atoms with Crippen LogP contribution in [0.5, 0.6) is 0 Å². The van der Waals surface area contributed by atoms with E-state index in [1.165, 1.54) is 18.4 Å². The molecule has 1 aliphatic rings. The molecule has 1 amide bonds. The van der Waals surface area contributed by atoms with Gasteiger partial charge in [0, 0.05) is 24.8 Å². The van der Waals surface area contributed by atoms with Crippen LogP contribution in [-0.2, 0) is 4.74 Å². The maximum absolute atomic E-state index is 12.7. The van der Waals surface area contributed by atoms with Gasteiger partial charge in [-0.1, -0.05) is 26.8 Å². The Balaban J connectivity index is 2.20. The molecule has 1 aliphatic heterocycles. The van der Waals surface area contributed by atoms with Crippen molar-refractivity contribution in [3.8, 4) is 0 Å². The molecular formula is C22H37N3O2. The maximum Gasteiger partial charge on any atom is 0.416 e. The summed E-state index contributed by atoms with van der Waals surface area (Å²) in [7, 11) is 0. The number of rotatable bonds is 6. The van der Waals surface area contributed by atoms with Gasteiger partial charge in [-0.3, -0.25) is 9.80 Å². The Bertz CT molecular complexity index is 607. The van der Waals surface area contributed by atoms with Crippen LogP contribution >= 0.6 is 0 Å². The molecule has 0 radical (unpaired) electrons. The molecule has 2 heterocycles. The number of hydrogen-bond donors (Lipinski definition) is 0. The van der Waals surface area contributed by atoms with Crippen LogP contribution in [0.3, 0.4) is 0 Å². The number of amides is 1. The van der Waals surface area contributed by atoms with E-state index in [1.54, 1.807) is 4.90 Å². The van der Waals surface area contributed by atoms with Crippen molar-refractivity contribution >= 4 is 11.9 Å². The van der Waals surface area contributed by atoms with E-state index in [2.05, 4.69) is 36.7 Å².